The van der Waals surface area contributed by atoms with E-state index in [2.05, 4.69) is 14.9 Å². The van der Waals surface area contributed by atoms with Crippen molar-refractivity contribution in [3.8, 4) is 5.75 Å². The van der Waals surface area contributed by atoms with Crippen molar-refractivity contribution in [3.05, 3.63) is 48.5 Å². The van der Waals surface area contributed by atoms with Crippen LogP contribution in [0.2, 0.25) is 0 Å². The van der Waals surface area contributed by atoms with Gasteiger partial charge < -0.3 is 10.1 Å². The normalized spacial score (nSPS) is 10.8. The average molecular weight is 342 g/mol. The first kappa shape index (κ1) is 16.4. The number of para-hydroxylation sites is 4. The molecule has 0 aliphatic rings. The van der Waals surface area contributed by atoms with E-state index in [1.54, 1.807) is 0 Å². The number of amides is 1. The number of hydrogen-bond donors (Lipinski definition) is 2. The summed E-state index contributed by atoms with van der Waals surface area (Å²) in [5, 5.41) is 3.86. The van der Waals surface area contributed by atoms with Gasteiger partial charge in [-0.05, 0) is 43.0 Å². The van der Waals surface area contributed by atoms with E-state index in [4.69, 9.17) is 4.74 Å². The molecule has 5 nitrogen and oxygen atoms in total. The van der Waals surface area contributed by atoms with Gasteiger partial charge in [0.2, 0.25) is 5.91 Å². The fraction of sp³-hybridized carbons (Fsp3) is 0.222. The molecule has 2 aromatic carbocycles. The number of ether oxygens (including phenoxy) is 1. The minimum absolute atomic E-state index is 0.0641. The van der Waals surface area contributed by atoms with Crippen LogP contribution < -0.4 is 14.6 Å². The van der Waals surface area contributed by atoms with Crippen LogP contribution in [0.3, 0.4) is 0 Å². The maximum atomic E-state index is 12.3. The van der Waals surface area contributed by atoms with E-state index in [0.717, 1.165) is 16.2 Å². The Labute approximate surface area is 145 Å². The van der Waals surface area contributed by atoms with Crippen molar-refractivity contribution in [2.45, 2.75) is 12.1 Å². The number of benzene rings is 2. The topological polar surface area (TPSA) is 58.0 Å². The molecule has 1 aromatic heterocycles. The van der Waals surface area contributed by atoms with E-state index >= 15 is 0 Å². The Morgan fingerprint density at radius 3 is 2.75 bits per heavy atom. The predicted molar refractivity (Wildman–Crippen MR) is 96.4 cm³/mol. The van der Waals surface area contributed by atoms with Gasteiger partial charge in [-0.3, -0.25) is 4.79 Å². The molecule has 0 aliphatic heterocycles. The van der Waals surface area contributed by atoms with E-state index in [0.29, 0.717) is 23.8 Å². The minimum Gasteiger partial charge on any atom is -0.492 e. The highest BCUT2D eigenvalue weighted by molar-refractivity contribution is 7.99. The number of anilines is 1. The molecule has 3 rings (SSSR count). The highest BCUT2D eigenvalue weighted by atomic mass is 32.2. The molecule has 124 valence electrons. The Bertz CT molecular complexity index is 860. The summed E-state index contributed by atoms with van der Waals surface area (Å²) in [4.78, 5) is 15.6. The number of imidazole rings is 1. The van der Waals surface area contributed by atoms with Crippen LogP contribution in [0.5, 0.6) is 5.75 Å². The molecule has 2 N–H and O–H groups in total. The molecule has 6 heteroatoms. The molecule has 0 unspecified atom stereocenters. The standard InChI is InChI=1S/C18H19N3O2S/c1-3-23-16-11-7-5-9-14(16)19-17(22)12-24-18-20-13-8-4-6-10-15(13)21(18)2/h4-11H,3,12H2,1-2H3,(H,19,22)/p+1. The van der Waals surface area contributed by atoms with Gasteiger partial charge >= 0.3 is 5.16 Å². The van der Waals surface area contributed by atoms with Crippen LogP contribution in [0.4, 0.5) is 5.69 Å². The molecular weight excluding hydrogens is 322 g/mol. The van der Waals surface area contributed by atoms with Gasteiger partial charge in [0.1, 0.15) is 5.75 Å². The molecule has 0 saturated carbocycles. The molecule has 24 heavy (non-hydrogen) atoms. The lowest BCUT2D eigenvalue weighted by molar-refractivity contribution is -0.683. The Hall–Kier alpha value is -2.47. The smallest absolute Gasteiger partial charge is 0.317 e. The van der Waals surface area contributed by atoms with Crippen molar-refractivity contribution in [1.29, 1.82) is 0 Å². The van der Waals surface area contributed by atoms with Gasteiger partial charge in [0, 0.05) is 0 Å². The van der Waals surface area contributed by atoms with E-state index in [1.807, 2.05) is 62.5 Å². The van der Waals surface area contributed by atoms with Crippen LogP contribution in [-0.4, -0.2) is 23.3 Å². The predicted octanol–water partition coefficient (Wildman–Crippen LogP) is 3.12. The van der Waals surface area contributed by atoms with Gasteiger partial charge in [0.05, 0.1) is 25.1 Å². The SMILES string of the molecule is CCOc1ccccc1NC(=O)CSc1[nH]c2ccccc2[n+]1C. The van der Waals surface area contributed by atoms with E-state index in [1.165, 1.54) is 11.8 Å². The number of nitrogens with one attached hydrogen (secondary N) is 2. The molecule has 3 aromatic rings. The first-order valence-corrected chi connectivity index (χ1v) is 8.79. The molecule has 0 radical (unpaired) electrons. The zero-order valence-electron chi connectivity index (χ0n) is 13.7. The first-order valence-electron chi connectivity index (χ1n) is 7.80. The Balaban J connectivity index is 1.66. The second-order valence-electron chi connectivity index (χ2n) is 5.27. The van der Waals surface area contributed by atoms with Crippen LogP contribution in [0, 0.1) is 0 Å². The summed E-state index contributed by atoms with van der Waals surface area (Å²) in [5.74, 6) is 0.946. The van der Waals surface area contributed by atoms with Gasteiger partial charge in [-0.15, -0.1) is 0 Å². The number of carbonyl (C=O) groups is 1. The Morgan fingerprint density at radius 2 is 1.96 bits per heavy atom. The molecule has 0 fully saturated rings. The van der Waals surface area contributed by atoms with Crippen LogP contribution in [-0.2, 0) is 11.8 Å². The molecular formula is C18H20N3O2S+. The van der Waals surface area contributed by atoms with Gasteiger partial charge in [-0.1, -0.05) is 24.3 Å². The molecule has 0 aliphatic carbocycles. The van der Waals surface area contributed by atoms with Crippen molar-refractivity contribution in [2.24, 2.45) is 7.05 Å². The average Bonchev–Trinajstić information content (AvgIpc) is 2.92. The second kappa shape index (κ2) is 7.40. The fourth-order valence-corrected chi connectivity index (χ4v) is 3.30. The number of rotatable bonds is 6. The first-order chi connectivity index (χ1) is 11.7. The zero-order valence-corrected chi connectivity index (χ0v) is 14.5. The third-order valence-corrected chi connectivity index (χ3v) is 4.67. The number of thioether (sulfide) groups is 1. The number of aromatic amines is 1. The van der Waals surface area contributed by atoms with Gasteiger partial charge in [-0.2, -0.15) is 0 Å². The Morgan fingerprint density at radius 1 is 1.21 bits per heavy atom. The number of hydrogen-bond acceptors (Lipinski definition) is 3. The van der Waals surface area contributed by atoms with E-state index < -0.39 is 0 Å². The number of aromatic nitrogens is 2. The van der Waals surface area contributed by atoms with Gasteiger partial charge in [0.25, 0.3) is 0 Å². The lowest BCUT2D eigenvalue weighted by Crippen LogP contribution is -2.29. The van der Waals surface area contributed by atoms with Gasteiger partial charge in [0.15, 0.2) is 11.0 Å². The molecule has 0 spiro atoms. The maximum Gasteiger partial charge on any atom is 0.317 e. The van der Waals surface area contributed by atoms with E-state index in [9.17, 15) is 4.79 Å². The Kier molecular flexibility index (Phi) is 5.05. The van der Waals surface area contributed by atoms with Gasteiger partial charge in [-0.25, -0.2) is 9.55 Å². The summed E-state index contributed by atoms with van der Waals surface area (Å²) >= 11 is 1.47. The molecule has 1 amide bonds. The zero-order chi connectivity index (χ0) is 16.9. The highest BCUT2D eigenvalue weighted by Crippen LogP contribution is 2.24. The largest absolute Gasteiger partial charge is 0.492 e. The third kappa shape index (κ3) is 3.54. The summed E-state index contributed by atoms with van der Waals surface area (Å²) < 4.78 is 7.58. The maximum absolute atomic E-state index is 12.3. The number of carbonyl (C=O) groups excluding carboxylic acids is 1. The fourth-order valence-electron chi connectivity index (χ4n) is 2.48. The highest BCUT2D eigenvalue weighted by Gasteiger charge is 2.17. The number of fused-ring (bicyclic) bond motifs is 1. The summed E-state index contributed by atoms with van der Waals surface area (Å²) in [6, 6.07) is 15.5. The lowest BCUT2D eigenvalue weighted by atomic mass is 10.3. The van der Waals surface area contributed by atoms with Crippen molar-refractivity contribution in [1.82, 2.24) is 4.98 Å². The van der Waals surface area contributed by atoms with Crippen molar-refractivity contribution in [3.63, 3.8) is 0 Å². The minimum atomic E-state index is -0.0641. The second-order valence-corrected chi connectivity index (χ2v) is 6.24. The van der Waals surface area contributed by atoms with Crippen molar-refractivity contribution < 1.29 is 14.1 Å². The number of aryl methyl sites for hydroxylation is 1. The number of nitrogens with zero attached hydrogens (tertiary/aromatic N) is 1. The molecule has 1 heterocycles. The summed E-state index contributed by atoms with van der Waals surface area (Å²) in [7, 11) is 1.99. The number of H-pyrrole nitrogens is 1. The summed E-state index contributed by atoms with van der Waals surface area (Å²) in [6.45, 7) is 2.48. The van der Waals surface area contributed by atoms with Crippen LogP contribution in [0.25, 0.3) is 11.0 Å². The lowest BCUT2D eigenvalue weighted by Gasteiger charge is -2.10. The molecule has 0 bridgehead atoms. The van der Waals surface area contributed by atoms with Crippen LogP contribution in [0.15, 0.2) is 53.7 Å². The van der Waals surface area contributed by atoms with Crippen molar-refractivity contribution >= 4 is 34.4 Å². The quantitative estimate of drug-likeness (QED) is 0.534. The van der Waals surface area contributed by atoms with Crippen LogP contribution in [0.1, 0.15) is 6.92 Å². The molecule has 0 atom stereocenters. The van der Waals surface area contributed by atoms with Crippen LogP contribution >= 0.6 is 11.8 Å². The third-order valence-electron chi connectivity index (χ3n) is 3.61. The molecule has 0 saturated heterocycles. The summed E-state index contributed by atoms with van der Waals surface area (Å²) in [5.41, 5.74) is 2.87. The monoisotopic (exact) mass is 342 g/mol. The van der Waals surface area contributed by atoms with Crippen molar-refractivity contribution in [2.75, 3.05) is 17.7 Å². The summed E-state index contributed by atoms with van der Waals surface area (Å²) in [6.07, 6.45) is 0. The van der Waals surface area contributed by atoms with E-state index in [-0.39, 0.29) is 5.91 Å².